The van der Waals surface area contributed by atoms with Crippen LogP contribution in [-0.2, 0) is 17.4 Å². The van der Waals surface area contributed by atoms with Crippen LogP contribution in [-0.4, -0.2) is 16.1 Å². The Labute approximate surface area is 157 Å². The molecule has 0 fully saturated rings. The Morgan fingerprint density at radius 1 is 1.19 bits per heavy atom. The van der Waals surface area contributed by atoms with Gasteiger partial charge in [0.1, 0.15) is 0 Å². The van der Waals surface area contributed by atoms with E-state index in [0.717, 1.165) is 17.0 Å². The monoisotopic (exact) mass is 393 g/mol. The van der Waals surface area contributed by atoms with E-state index in [-0.39, 0.29) is 12.3 Å². The summed E-state index contributed by atoms with van der Waals surface area (Å²) in [6.45, 7) is 1.74. The van der Waals surface area contributed by atoms with Crippen LogP contribution in [0.25, 0.3) is 11.5 Å². The predicted octanol–water partition coefficient (Wildman–Crippen LogP) is 5.45. The Hall–Kier alpha value is -2.74. The van der Waals surface area contributed by atoms with Gasteiger partial charge in [-0.2, -0.15) is 13.2 Å². The maximum Gasteiger partial charge on any atom is 0.416 e. The molecule has 0 saturated heterocycles. The van der Waals surface area contributed by atoms with Gasteiger partial charge >= 0.3 is 12.1 Å². The lowest BCUT2D eigenvalue weighted by molar-refractivity contribution is -0.138. The fraction of sp³-hybridized carbons (Fsp3) is 0.158. The van der Waals surface area contributed by atoms with E-state index >= 15 is 0 Å². The van der Waals surface area contributed by atoms with E-state index in [1.165, 1.54) is 23.9 Å². The van der Waals surface area contributed by atoms with Crippen molar-refractivity contribution in [2.45, 2.75) is 29.5 Å². The zero-order valence-electron chi connectivity index (χ0n) is 14.1. The summed E-state index contributed by atoms with van der Waals surface area (Å²) >= 11 is 1.28. The number of nitrogens with zero attached hydrogens (tertiary/aromatic N) is 1. The predicted molar refractivity (Wildman–Crippen MR) is 93.6 cm³/mol. The van der Waals surface area contributed by atoms with Crippen molar-refractivity contribution in [3.63, 3.8) is 0 Å². The van der Waals surface area contributed by atoms with E-state index in [1.807, 2.05) is 6.07 Å². The van der Waals surface area contributed by atoms with Crippen molar-refractivity contribution in [3.8, 4) is 11.5 Å². The summed E-state index contributed by atoms with van der Waals surface area (Å²) in [5.74, 6) is -0.692. The van der Waals surface area contributed by atoms with E-state index in [1.54, 1.807) is 25.1 Å². The Morgan fingerprint density at radius 3 is 2.52 bits per heavy atom. The zero-order valence-corrected chi connectivity index (χ0v) is 14.9. The molecule has 3 rings (SSSR count). The number of carboxylic acid groups (broad SMARTS) is 1. The zero-order chi connectivity index (χ0) is 19.6. The fourth-order valence-electron chi connectivity index (χ4n) is 2.40. The molecule has 3 aromatic rings. The molecule has 27 heavy (non-hydrogen) atoms. The van der Waals surface area contributed by atoms with Crippen molar-refractivity contribution >= 4 is 17.7 Å². The first-order valence-electron chi connectivity index (χ1n) is 7.86. The number of benzene rings is 2. The fourth-order valence-corrected chi connectivity index (χ4v) is 3.29. The number of halogens is 3. The van der Waals surface area contributed by atoms with E-state index in [2.05, 4.69) is 4.98 Å². The first kappa shape index (κ1) is 19.0. The average molecular weight is 393 g/mol. The Morgan fingerprint density at radius 2 is 1.89 bits per heavy atom. The molecule has 0 radical (unpaired) electrons. The third-order valence-corrected chi connectivity index (χ3v) is 4.73. The van der Waals surface area contributed by atoms with Crippen molar-refractivity contribution in [1.82, 2.24) is 4.98 Å². The van der Waals surface area contributed by atoms with Crippen LogP contribution in [0.4, 0.5) is 13.2 Å². The van der Waals surface area contributed by atoms with E-state index < -0.39 is 17.7 Å². The summed E-state index contributed by atoms with van der Waals surface area (Å²) in [7, 11) is 0. The van der Waals surface area contributed by atoms with Crippen LogP contribution in [0.2, 0.25) is 0 Å². The number of oxazole rings is 1. The standard InChI is InChI=1S/C19H14F3NO3S/c1-11-18(27-15-4-2-3-12(9-15)10-16(24)25)26-17(23-11)13-5-7-14(8-6-13)19(20,21)22/h2-9H,10H2,1H3,(H,24,25). The third kappa shape index (κ3) is 4.71. The quantitative estimate of drug-likeness (QED) is 0.625. The second kappa shape index (κ2) is 7.48. The Bertz CT molecular complexity index is 965. The highest BCUT2D eigenvalue weighted by Gasteiger charge is 2.30. The molecule has 4 nitrogen and oxygen atoms in total. The summed E-state index contributed by atoms with van der Waals surface area (Å²) in [6.07, 6.45) is -4.48. The molecule has 0 unspecified atom stereocenters. The number of carboxylic acids is 1. The minimum Gasteiger partial charge on any atom is -0.481 e. The molecule has 0 aliphatic carbocycles. The second-order valence-electron chi connectivity index (χ2n) is 5.79. The van der Waals surface area contributed by atoms with Gasteiger partial charge in [-0.1, -0.05) is 23.9 Å². The van der Waals surface area contributed by atoms with Gasteiger partial charge in [0, 0.05) is 10.5 Å². The normalized spacial score (nSPS) is 11.6. The van der Waals surface area contributed by atoms with Crippen LogP contribution in [0.3, 0.4) is 0 Å². The van der Waals surface area contributed by atoms with Gasteiger partial charge < -0.3 is 9.52 Å². The van der Waals surface area contributed by atoms with Crippen molar-refractivity contribution in [2.24, 2.45) is 0 Å². The van der Waals surface area contributed by atoms with E-state index in [9.17, 15) is 18.0 Å². The lowest BCUT2D eigenvalue weighted by Gasteiger charge is -2.06. The van der Waals surface area contributed by atoms with Gasteiger partial charge in [0.25, 0.3) is 0 Å². The number of carbonyl (C=O) groups is 1. The summed E-state index contributed by atoms with van der Waals surface area (Å²) in [6, 6.07) is 11.6. The largest absolute Gasteiger partial charge is 0.481 e. The molecule has 140 valence electrons. The molecule has 0 bridgehead atoms. The summed E-state index contributed by atoms with van der Waals surface area (Å²) in [5.41, 5.74) is 0.961. The number of hydrogen-bond donors (Lipinski definition) is 1. The molecular weight excluding hydrogens is 379 g/mol. The number of rotatable bonds is 5. The molecule has 0 aliphatic rings. The molecule has 0 atom stereocenters. The molecular formula is C19H14F3NO3S. The Kier molecular flexibility index (Phi) is 5.27. The number of aliphatic carboxylic acids is 1. The van der Waals surface area contributed by atoms with Gasteiger partial charge in [-0.25, -0.2) is 4.98 Å². The van der Waals surface area contributed by atoms with Gasteiger partial charge in [-0.15, -0.1) is 0 Å². The molecule has 0 spiro atoms. The van der Waals surface area contributed by atoms with Crippen LogP contribution >= 0.6 is 11.8 Å². The number of alkyl halides is 3. The van der Waals surface area contributed by atoms with Gasteiger partial charge in [-0.05, 0) is 48.9 Å². The smallest absolute Gasteiger partial charge is 0.416 e. The summed E-state index contributed by atoms with van der Waals surface area (Å²) < 4.78 is 43.7. The third-order valence-electron chi connectivity index (χ3n) is 3.68. The summed E-state index contributed by atoms with van der Waals surface area (Å²) in [4.78, 5) is 15.9. The lowest BCUT2D eigenvalue weighted by atomic mass is 10.1. The lowest BCUT2D eigenvalue weighted by Crippen LogP contribution is -2.03. The van der Waals surface area contributed by atoms with Gasteiger partial charge in [0.05, 0.1) is 17.7 Å². The van der Waals surface area contributed by atoms with Crippen molar-refractivity contribution in [3.05, 3.63) is 65.4 Å². The van der Waals surface area contributed by atoms with E-state index in [4.69, 9.17) is 9.52 Å². The van der Waals surface area contributed by atoms with Gasteiger partial charge in [0.15, 0.2) is 5.09 Å². The SMILES string of the molecule is Cc1nc(-c2ccc(C(F)(F)F)cc2)oc1Sc1cccc(CC(=O)O)c1. The summed E-state index contributed by atoms with van der Waals surface area (Å²) in [5, 5.41) is 9.38. The number of aryl methyl sites for hydroxylation is 1. The first-order chi connectivity index (χ1) is 12.7. The molecule has 0 aliphatic heterocycles. The van der Waals surface area contributed by atoms with Crippen LogP contribution < -0.4 is 0 Å². The number of hydrogen-bond acceptors (Lipinski definition) is 4. The highest BCUT2D eigenvalue weighted by molar-refractivity contribution is 7.99. The maximum absolute atomic E-state index is 12.7. The highest BCUT2D eigenvalue weighted by atomic mass is 32.2. The number of aromatic nitrogens is 1. The molecule has 8 heteroatoms. The van der Waals surface area contributed by atoms with Crippen LogP contribution in [0.15, 0.2) is 62.9 Å². The maximum atomic E-state index is 12.7. The molecule has 0 amide bonds. The second-order valence-corrected chi connectivity index (χ2v) is 6.83. The first-order valence-corrected chi connectivity index (χ1v) is 8.67. The van der Waals surface area contributed by atoms with Crippen LogP contribution in [0, 0.1) is 6.92 Å². The minimum atomic E-state index is -4.40. The Balaban J connectivity index is 1.82. The van der Waals surface area contributed by atoms with Crippen molar-refractivity contribution in [2.75, 3.05) is 0 Å². The molecule has 1 N–H and O–H groups in total. The minimum absolute atomic E-state index is 0.0827. The van der Waals surface area contributed by atoms with Gasteiger partial charge in [0.2, 0.25) is 5.89 Å². The van der Waals surface area contributed by atoms with Crippen molar-refractivity contribution < 1.29 is 27.5 Å². The van der Waals surface area contributed by atoms with E-state index in [0.29, 0.717) is 21.9 Å². The molecule has 0 saturated carbocycles. The molecule has 1 aromatic heterocycles. The topological polar surface area (TPSA) is 63.3 Å². The van der Waals surface area contributed by atoms with Crippen LogP contribution in [0.1, 0.15) is 16.8 Å². The molecule has 2 aromatic carbocycles. The van der Waals surface area contributed by atoms with Crippen LogP contribution in [0.5, 0.6) is 0 Å². The highest BCUT2D eigenvalue weighted by Crippen LogP contribution is 2.35. The average Bonchev–Trinajstić information content (AvgIpc) is 2.95. The van der Waals surface area contributed by atoms with Gasteiger partial charge in [-0.3, -0.25) is 4.79 Å². The molecule has 1 heterocycles. The van der Waals surface area contributed by atoms with Crippen molar-refractivity contribution in [1.29, 1.82) is 0 Å².